The molecular formula is C10H20N2O. The Labute approximate surface area is 80.7 Å². The molecule has 0 unspecified atom stereocenters. The zero-order valence-corrected chi connectivity index (χ0v) is 8.92. The second-order valence-corrected chi connectivity index (χ2v) is 4.03. The average Bonchev–Trinajstić information content (AvgIpc) is 2.17. The molecule has 0 aliphatic carbocycles. The minimum atomic E-state index is 0.104. The predicted molar refractivity (Wildman–Crippen MR) is 53.0 cm³/mol. The normalized spacial score (nSPS) is 19.1. The maximum atomic E-state index is 11.6. The second-order valence-electron chi connectivity index (χ2n) is 4.03. The summed E-state index contributed by atoms with van der Waals surface area (Å²) in [5.74, 6) is 0.328. The smallest absolute Gasteiger partial charge is 0.239 e. The molecule has 0 spiro atoms. The molecule has 1 amide bonds. The Morgan fingerprint density at radius 1 is 1.23 bits per heavy atom. The van der Waals surface area contributed by atoms with Crippen molar-refractivity contribution < 1.29 is 4.79 Å². The zero-order chi connectivity index (χ0) is 9.84. The summed E-state index contributed by atoms with van der Waals surface area (Å²) >= 11 is 0. The van der Waals surface area contributed by atoms with E-state index in [1.165, 1.54) is 19.3 Å². The van der Waals surface area contributed by atoms with Gasteiger partial charge in [0.2, 0.25) is 5.91 Å². The Morgan fingerprint density at radius 2 is 1.77 bits per heavy atom. The highest BCUT2D eigenvalue weighted by atomic mass is 16.2. The number of piperidine rings is 1. The van der Waals surface area contributed by atoms with Crippen molar-refractivity contribution in [3.05, 3.63) is 0 Å². The van der Waals surface area contributed by atoms with Crippen LogP contribution < -0.4 is 0 Å². The van der Waals surface area contributed by atoms with Crippen LogP contribution in [0.4, 0.5) is 0 Å². The number of carbonyl (C=O) groups is 1. The summed E-state index contributed by atoms with van der Waals surface area (Å²) in [4.78, 5) is 11.6. The van der Waals surface area contributed by atoms with Gasteiger partial charge in [-0.25, -0.2) is 5.01 Å². The van der Waals surface area contributed by atoms with Gasteiger partial charge in [-0.05, 0) is 12.8 Å². The van der Waals surface area contributed by atoms with E-state index in [4.69, 9.17) is 0 Å². The van der Waals surface area contributed by atoms with Gasteiger partial charge in [-0.1, -0.05) is 20.3 Å². The first-order valence-electron chi connectivity index (χ1n) is 5.15. The highest BCUT2D eigenvalue weighted by Gasteiger charge is 2.20. The van der Waals surface area contributed by atoms with Crippen molar-refractivity contribution in [1.82, 2.24) is 10.0 Å². The van der Waals surface area contributed by atoms with E-state index in [0.717, 1.165) is 13.1 Å². The van der Waals surface area contributed by atoms with E-state index in [1.807, 2.05) is 20.9 Å². The minimum Gasteiger partial charge on any atom is -0.278 e. The lowest BCUT2D eigenvalue weighted by atomic mass is 10.1. The van der Waals surface area contributed by atoms with Crippen LogP contribution in [0.25, 0.3) is 0 Å². The number of hydrogen-bond donors (Lipinski definition) is 0. The van der Waals surface area contributed by atoms with Gasteiger partial charge < -0.3 is 0 Å². The second kappa shape index (κ2) is 4.61. The van der Waals surface area contributed by atoms with Gasteiger partial charge in [0, 0.05) is 26.1 Å². The quantitative estimate of drug-likeness (QED) is 0.649. The molecule has 0 saturated carbocycles. The van der Waals surface area contributed by atoms with E-state index in [9.17, 15) is 4.79 Å². The molecule has 76 valence electrons. The highest BCUT2D eigenvalue weighted by Crippen LogP contribution is 2.12. The van der Waals surface area contributed by atoms with Crippen molar-refractivity contribution in [3.63, 3.8) is 0 Å². The molecule has 0 bridgehead atoms. The van der Waals surface area contributed by atoms with Crippen LogP contribution in [0.1, 0.15) is 33.1 Å². The van der Waals surface area contributed by atoms with E-state index >= 15 is 0 Å². The molecule has 1 aliphatic rings. The SMILES string of the molecule is CC(C)C(=O)N(C)N1CCCCC1. The Kier molecular flexibility index (Phi) is 3.72. The van der Waals surface area contributed by atoms with Crippen molar-refractivity contribution in [2.45, 2.75) is 33.1 Å². The fourth-order valence-corrected chi connectivity index (χ4v) is 1.69. The van der Waals surface area contributed by atoms with Crippen LogP contribution in [-0.2, 0) is 4.79 Å². The van der Waals surface area contributed by atoms with Crippen molar-refractivity contribution in [2.75, 3.05) is 20.1 Å². The predicted octanol–water partition coefficient (Wildman–Crippen LogP) is 1.50. The standard InChI is InChI=1S/C10H20N2O/c1-9(2)10(13)11(3)12-7-5-4-6-8-12/h9H,4-8H2,1-3H3. The lowest BCUT2D eigenvalue weighted by molar-refractivity contribution is -0.150. The van der Waals surface area contributed by atoms with Gasteiger partial charge in [-0.15, -0.1) is 0 Å². The monoisotopic (exact) mass is 184 g/mol. The summed E-state index contributed by atoms with van der Waals surface area (Å²) in [7, 11) is 1.88. The van der Waals surface area contributed by atoms with Gasteiger partial charge >= 0.3 is 0 Å². The Bertz CT molecular complexity index is 174. The van der Waals surface area contributed by atoms with E-state index in [2.05, 4.69) is 5.01 Å². The van der Waals surface area contributed by atoms with Crippen LogP contribution in [0.3, 0.4) is 0 Å². The lowest BCUT2D eigenvalue weighted by Crippen LogP contribution is -2.47. The fourth-order valence-electron chi connectivity index (χ4n) is 1.69. The highest BCUT2D eigenvalue weighted by molar-refractivity contribution is 5.77. The molecule has 0 atom stereocenters. The minimum absolute atomic E-state index is 0.104. The molecule has 1 rings (SSSR count). The number of amides is 1. The number of hydrazine groups is 1. The Hall–Kier alpha value is -0.570. The van der Waals surface area contributed by atoms with Crippen molar-refractivity contribution >= 4 is 5.91 Å². The molecule has 1 aliphatic heterocycles. The molecule has 0 aromatic heterocycles. The van der Waals surface area contributed by atoms with Gasteiger partial charge in [0.25, 0.3) is 0 Å². The van der Waals surface area contributed by atoms with Crippen LogP contribution in [0.2, 0.25) is 0 Å². The topological polar surface area (TPSA) is 23.6 Å². The van der Waals surface area contributed by atoms with Crippen molar-refractivity contribution in [1.29, 1.82) is 0 Å². The van der Waals surface area contributed by atoms with Crippen LogP contribution in [0.15, 0.2) is 0 Å². The maximum absolute atomic E-state index is 11.6. The van der Waals surface area contributed by atoms with Gasteiger partial charge in [0.1, 0.15) is 0 Å². The summed E-state index contributed by atoms with van der Waals surface area (Å²) in [5.41, 5.74) is 0. The molecule has 0 N–H and O–H groups in total. The Morgan fingerprint density at radius 3 is 2.23 bits per heavy atom. The van der Waals surface area contributed by atoms with Crippen molar-refractivity contribution in [3.8, 4) is 0 Å². The van der Waals surface area contributed by atoms with E-state index in [0.29, 0.717) is 0 Å². The maximum Gasteiger partial charge on any atom is 0.239 e. The molecule has 0 aromatic rings. The first kappa shape index (κ1) is 10.5. The van der Waals surface area contributed by atoms with E-state index in [-0.39, 0.29) is 11.8 Å². The molecule has 0 radical (unpaired) electrons. The van der Waals surface area contributed by atoms with Gasteiger partial charge in [-0.2, -0.15) is 0 Å². The van der Waals surface area contributed by atoms with Crippen LogP contribution in [-0.4, -0.2) is 36.1 Å². The first-order chi connectivity index (χ1) is 6.13. The van der Waals surface area contributed by atoms with Crippen LogP contribution in [0.5, 0.6) is 0 Å². The lowest BCUT2D eigenvalue weighted by Gasteiger charge is -2.35. The molecule has 3 heteroatoms. The summed E-state index contributed by atoms with van der Waals surface area (Å²) in [6, 6.07) is 0. The third-order valence-corrected chi connectivity index (χ3v) is 2.57. The third kappa shape index (κ3) is 2.69. The fraction of sp³-hybridized carbons (Fsp3) is 0.900. The van der Waals surface area contributed by atoms with E-state index < -0.39 is 0 Å². The number of nitrogens with zero attached hydrogens (tertiary/aromatic N) is 2. The molecule has 3 nitrogen and oxygen atoms in total. The van der Waals surface area contributed by atoms with Crippen molar-refractivity contribution in [2.24, 2.45) is 5.92 Å². The zero-order valence-electron chi connectivity index (χ0n) is 8.92. The summed E-state index contributed by atoms with van der Waals surface area (Å²) in [6.45, 7) is 5.97. The van der Waals surface area contributed by atoms with E-state index in [1.54, 1.807) is 5.01 Å². The number of hydrogen-bond acceptors (Lipinski definition) is 2. The van der Waals surface area contributed by atoms with Crippen LogP contribution >= 0.6 is 0 Å². The largest absolute Gasteiger partial charge is 0.278 e. The molecule has 1 fully saturated rings. The first-order valence-corrected chi connectivity index (χ1v) is 5.15. The van der Waals surface area contributed by atoms with Gasteiger partial charge in [0.05, 0.1) is 0 Å². The molecule has 0 aromatic carbocycles. The molecule has 13 heavy (non-hydrogen) atoms. The molecule has 1 saturated heterocycles. The number of carbonyl (C=O) groups excluding carboxylic acids is 1. The summed E-state index contributed by atoms with van der Waals surface area (Å²) in [6.07, 6.45) is 3.74. The van der Waals surface area contributed by atoms with Gasteiger partial charge in [0.15, 0.2) is 0 Å². The summed E-state index contributed by atoms with van der Waals surface area (Å²) in [5, 5.41) is 3.95. The van der Waals surface area contributed by atoms with Crippen LogP contribution in [0, 0.1) is 5.92 Å². The number of rotatable bonds is 2. The average molecular weight is 184 g/mol. The van der Waals surface area contributed by atoms with Gasteiger partial charge in [-0.3, -0.25) is 9.80 Å². The third-order valence-electron chi connectivity index (χ3n) is 2.57. The molecular weight excluding hydrogens is 164 g/mol. The molecule has 1 heterocycles. The summed E-state index contributed by atoms with van der Waals surface area (Å²) < 4.78 is 0. The Balaban J connectivity index is 2.45.